The molecular weight excluding hydrogens is 392 g/mol. The van der Waals surface area contributed by atoms with Crippen LogP contribution in [0.15, 0.2) is 41.1 Å². The number of carbonyl (C=O) groups excluding carboxylic acids is 1. The molecule has 6 rings (SSSR count). The van der Waals surface area contributed by atoms with Crippen LogP contribution in [-0.4, -0.2) is 44.6 Å². The van der Waals surface area contributed by atoms with Crippen LogP contribution < -0.4 is 10.2 Å². The number of H-pyrrole nitrogens is 1. The van der Waals surface area contributed by atoms with E-state index in [1.54, 1.807) is 6.20 Å². The van der Waals surface area contributed by atoms with Crippen LogP contribution in [0.2, 0.25) is 0 Å². The van der Waals surface area contributed by atoms with E-state index in [9.17, 15) is 4.79 Å². The van der Waals surface area contributed by atoms with Crippen LogP contribution in [0, 0.1) is 12.8 Å². The minimum atomic E-state index is -0.222. The Hall–Kier alpha value is -3.42. The van der Waals surface area contributed by atoms with E-state index >= 15 is 0 Å². The van der Waals surface area contributed by atoms with Crippen LogP contribution in [0.25, 0.3) is 22.1 Å². The van der Waals surface area contributed by atoms with E-state index in [1.807, 2.05) is 37.4 Å². The van der Waals surface area contributed by atoms with Gasteiger partial charge in [-0.3, -0.25) is 9.89 Å². The Morgan fingerprint density at radius 3 is 2.90 bits per heavy atom. The molecule has 2 aliphatic rings. The molecule has 1 aliphatic carbocycles. The molecule has 2 N–H and O–H groups in total. The number of fused-ring (bicyclic) bond motifs is 3. The molecule has 0 amide bonds. The predicted molar refractivity (Wildman–Crippen MR) is 118 cm³/mol. The predicted octanol–water partition coefficient (Wildman–Crippen LogP) is 3.84. The lowest BCUT2D eigenvalue weighted by atomic mass is 9.79. The molecule has 8 heteroatoms. The Morgan fingerprint density at radius 1 is 1.26 bits per heavy atom. The van der Waals surface area contributed by atoms with E-state index in [4.69, 9.17) is 9.40 Å². The maximum Gasteiger partial charge on any atom is 0.196 e. The van der Waals surface area contributed by atoms with Gasteiger partial charge in [0.05, 0.1) is 17.9 Å². The van der Waals surface area contributed by atoms with Gasteiger partial charge in [-0.2, -0.15) is 5.10 Å². The van der Waals surface area contributed by atoms with Crippen molar-refractivity contribution in [3.8, 4) is 0 Å². The molecule has 0 spiro atoms. The molecule has 2 atom stereocenters. The zero-order valence-corrected chi connectivity index (χ0v) is 17.3. The number of hydrogen-bond acceptors (Lipinski definition) is 7. The van der Waals surface area contributed by atoms with Crippen molar-refractivity contribution >= 4 is 39.4 Å². The molecule has 1 saturated carbocycles. The highest BCUT2D eigenvalue weighted by Gasteiger charge is 2.42. The van der Waals surface area contributed by atoms with Crippen LogP contribution in [0.5, 0.6) is 0 Å². The average molecular weight is 416 g/mol. The van der Waals surface area contributed by atoms with Gasteiger partial charge < -0.3 is 14.6 Å². The second-order valence-corrected chi connectivity index (χ2v) is 8.63. The summed E-state index contributed by atoms with van der Waals surface area (Å²) in [5.74, 6) is 1.88. The first-order chi connectivity index (χ1) is 15.2. The van der Waals surface area contributed by atoms with Gasteiger partial charge in [-0.1, -0.05) is 18.6 Å². The van der Waals surface area contributed by atoms with Gasteiger partial charge in [0.15, 0.2) is 17.2 Å². The Kier molecular flexibility index (Phi) is 4.19. The fourth-order valence-electron chi connectivity index (χ4n) is 4.85. The number of nitrogens with one attached hydrogen (secondary N) is 2. The molecule has 2 fully saturated rings. The molecule has 4 heterocycles. The largest absolute Gasteiger partial charge is 0.450 e. The van der Waals surface area contributed by atoms with E-state index in [-0.39, 0.29) is 18.0 Å². The average Bonchev–Trinajstić information content (AvgIpc) is 3.45. The summed E-state index contributed by atoms with van der Waals surface area (Å²) in [5.41, 5.74) is 3.17. The van der Waals surface area contributed by atoms with E-state index < -0.39 is 0 Å². The van der Waals surface area contributed by atoms with Gasteiger partial charge in [-0.25, -0.2) is 9.97 Å². The number of hydrogen-bond donors (Lipinski definition) is 2. The van der Waals surface area contributed by atoms with Gasteiger partial charge in [0.25, 0.3) is 0 Å². The molecule has 0 bridgehead atoms. The van der Waals surface area contributed by atoms with Crippen molar-refractivity contribution in [3.63, 3.8) is 0 Å². The fourth-order valence-corrected chi connectivity index (χ4v) is 4.85. The van der Waals surface area contributed by atoms with Crippen molar-refractivity contribution in [3.05, 3.63) is 42.5 Å². The van der Waals surface area contributed by atoms with Crippen molar-refractivity contribution < 1.29 is 9.21 Å². The summed E-state index contributed by atoms with van der Waals surface area (Å²) >= 11 is 0. The van der Waals surface area contributed by atoms with Crippen molar-refractivity contribution in [2.75, 3.05) is 16.8 Å². The molecule has 1 saturated heterocycles. The number of para-hydroxylation sites is 1. The number of Topliss-reactive ketones (excluding diaryl/α,β-unsaturated/α-hetero) is 1. The maximum absolute atomic E-state index is 13.4. The van der Waals surface area contributed by atoms with Crippen LogP contribution in [0.3, 0.4) is 0 Å². The lowest BCUT2D eigenvalue weighted by Crippen LogP contribution is -2.42. The zero-order chi connectivity index (χ0) is 20.9. The summed E-state index contributed by atoms with van der Waals surface area (Å²) in [6.45, 7) is 2.56. The van der Waals surface area contributed by atoms with E-state index in [2.05, 4.69) is 25.4 Å². The summed E-state index contributed by atoms with van der Waals surface area (Å²) in [7, 11) is 0. The maximum atomic E-state index is 13.4. The van der Waals surface area contributed by atoms with Crippen molar-refractivity contribution in [1.29, 1.82) is 0 Å². The lowest BCUT2D eigenvalue weighted by Gasteiger charge is -2.31. The first-order valence-corrected chi connectivity index (χ1v) is 10.9. The summed E-state index contributed by atoms with van der Waals surface area (Å²) < 4.78 is 6.21. The molecular formula is C23H24N6O2. The monoisotopic (exact) mass is 416 g/mol. The van der Waals surface area contributed by atoms with Crippen molar-refractivity contribution in [2.45, 2.75) is 44.7 Å². The first kappa shape index (κ1) is 18.4. The number of nitrogens with zero attached hydrogens (tertiary/aromatic N) is 4. The minimum absolute atomic E-state index is 0.112. The molecule has 0 radical (unpaired) electrons. The Bertz CT molecular complexity index is 1260. The summed E-state index contributed by atoms with van der Waals surface area (Å²) in [6.07, 6.45) is 7.44. The van der Waals surface area contributed by atoms with Gasteiger partial charge in [0, 0.05) is 30.1 Å². The number of ketones is 1. The van der Waals surface area contributed by atoms with Gasteiger partial charge in [-0.15, -0.1) is 0 Å². The quantitative estimate of drug-likeness (QED) is 0.510. The first-order valence-electron chi connectivity index (χ1n) is 10.9. The Labute approximate surface area is 179 Å². The van der Waals surface area contributed by atoms with Crippen LogP contribution in [0.1, 0.15) is 31.5 Å². The van der Waals surface area contributed by atoms with Gasteiger partial charge in [0.2, 0.25) is 0 Å². The SMILES string of the molecule is Cc1nc(N2CC(Nc3cn[nH]c3)CC2C(=O)C2CCC2)c2oc3ccccc3c2n1. The molecule has 1 aromatic carbocycles. The number of carbonyl (C=O) groups is 1. The van der Waals surface area contributed by atoms with Gasteiger partial charge in [0.1, 0.15) is 16.9 Å². The smallest absolute Gasteiger partial charge is 0.196 e. The highest BCUT2D eigenvalue weighted by Crippen LogP contribution is 2.38. The standard InChI is InChI=1S/C23H24N6O2/c1-13-26-20-17-7-2-3-8-19(17)31-22(20)23(27-13)29-12-15(28-16-10-24-25-11-16)9-18(29)21(30)14-5-4-6-14/h2-3,7-8,10-11,14-15,18,28H,4-6,9,12H2,1H3,(H,24,25). The van der Waals surface area contributed by atoms with Crippen LogP contribution >= 0.6 is 0 Å². The van der Waals surface area contributed by atoms with Gasteiger partial charge >= 0.3 is 0 Å². The van der Waals surface area contributed by atoms with Crippen LogP contribution in [0.4, 0.5) is 11.5 Å². The minimum Gasteiger partial charge on any atom is -0.450 e. The third-order valence-corrected chi connectivity index (χ3v) is 6.59. The number of benzene rings is 1. The highest BCUT2D eigenvalue weighted by atomic mass is 16.3. The summed E-state index contributed by atoms with van der Waals surface area (Å²) in [4.78, 5) is 25.0. The number of aromatic nitrogens is 4. The molecule has 2 unspecified atom stereocenters. The number of furan rings is 1. The fraction of sp³-hybridized carbons (Fsp3) is 0.391. The second kappa shape index (κ2) is 7.08. The topological polar surface area (TPSA) is 99.9 Å². The zero-order valence-electron chi connectivity index (χ0n) is 17.3. The van der Waals surface area contributed by atoms with Crippen LogP contribution in [-0.2, 0) is 4.79 Å². The highest BCUT2D eigenvalue weighted by molar-refractivity contribution is 6.06. The number of rotatable bonds is 5. The third-order valence-electron chi connectivity index (χ3n) is 6.59. The molecule has 8 nitrogen and oxygen atoms in total. The number of anilines is 2. The number of aromatic amines is 1. The molecule has 4 aromatic rings. The van der Waals surface area contributed by atoms with Crippen molar-refractivity contribution in [2.24, 2.45) is 5.92 Å². The normalized spacial score (nSPS) is 21.6. The van der Waals surface area contributed by atoms with E-state index in [0.717, 1.165) is 47.9 Å². The Balaban J connectivity index is 1.44. The second-order valence-electron chi connectivity index (χ2n) is 8.63. The van der Waals surface area contributed by atoms with Gasteiger partial charge in [-0.05, 0) is 38.3 Å². The summed E-state index contributed by atoms with van der Waals surface area (Å²) in [5, 5.41) is 11.3. The lowest BCUT2D eigenvalue weighted by molar-refractivity contribution is -0.126. The molecule has 158 valence electrons. The van der Waals surface area contributed by atoms with E-state index in [0.29, 0.717) is 29.6 Å². The molecule has 3 aromatic heterocycles. The molecule has 31 heavy (non-hydrogen) atoms. The van der Waals surface area contributed by atoms with Crippen molar-refractivity contribution in [1.82, 2.24) is 20.2 Å². The molecule has 1 aliphatic heterocycles. The third kappa shape index (κ3) is 3.05. The Morgan fingerprint density at radius 2 is 2.13 bits per heavy atom. The number of aryl methyl sites for hydroxylation is 1. The van der Waals surface area contributed by atoms with E-state index in [1.165, 1.54) is 0 Å². The summed E-state index contributed by atoms with van der Waals surface area (Å²) in [6, 6.07) is 7.79.